The number of aromatic nitrogens is 2. The van der Waals surface area contributed by atoms with Crippen molar-refractivity contribution in [2.24, 2.45) is 0 Å². The summed E-state index contributed by atoms with van der Waals surface area (Å²) in [6.45, 7) is 2.40. The first-order valence-corrected chi connectivity index (χ1v) is 5.71. The molecule has 1 saturated heterocycles. The van der Waals surface area contributed by atoms with Gasteiger partial charge in [-0.2, -0.15) is 0 Å². The Hall–Kier alpha value is -1.89. The number of H-pyrrole nitrogens is 1. The van der Waals surface area contributed by atoms with E-state index in [9.17, 15) is 14.4 Å². The summed E-state index contributed by atoms with van der Waals surface area (Å²) in [6.07, 6.45) is 2.68. The minimum atomic E-state index is -1.36. The van der Waals surface area contributed by atoms with E-state index in [1.807, 2.05) is 4.98 Å². The summed E-state index contributed by atoms with van der Waals surface area (Å²) >= 11 is 0. The molecule has 2 N–H and O–H groups in total. The lowest BCUT2D eigenvalue weighted by atomic mass is 10.1. The molecular formula is C11H14N2O5. The minimum Gasteiger partial charge on any atom is -0.477 e. The molecule has 2 atom stereocenters. The summed E-state index contributed by atoms with van der Waals surface area (Å²) in [4.78, 5) is 35.8. The van der Waals surface area contributed by atoms with Gasteiger partial charge < -0.3 is 9.84 Å². The van der Waals surface area contributed by atoms with Crippen LogP contribution in [0.25, 0.3) is 0 Å². The maximum absolute atomic E-state index is 11.7. The third-order valence-corrected chi connectivity index (χ3v) is 3.14. The van der Waals surface area contributed by atoms with Gasteiger partial charge in [0.05, 0.1) is 12.1 Å². The Morgan fingerprint density at radius 1 is 1.61 bits per heavy atom. The van der Waals surface area contributed by atoms with Gasteiger partial charge in [0, 0.05) is 12.8 Å². The van der Waals surface area contributed by atoms with Crippen LogP contribution >= 0.6 is 0 Å². The number of carbonyl (C=O) groups is 1. The van der Waals surface area contributed by atoms with E-state index in [2.05, 4.69) is 0 Å². The van der Waals surface area contributed by atoms with Crippen molar-refractivity contribution in [2.75, 3.05) is 6.61 Å². The van der Waals surface area contributed by atoms with E-state index >= 15 is 0 Å². The van der Waals surface area contributed by atoms with Crippen LogP contribution in [0.5, 0.6) is 0 Å². The quantitative estimate of drug-likeness (QED) is 0.789. The van der Waals surface area contributed by atoms with E-state index in [1.165, 1.54) is 4.57 Å². The van der Waals surface area contributed by atoms with Crippen LogP contribution < -0.4 is 11.2 Å². The average molecular weight is 254 g/mol. The third kappa shape index (κ3) is 2.21. The molecule has 1 aromatic heterocycles. The van der Waals surface area contributed by atoms with Crippen LogP contribution in [0, 0.1) is 0 Å². The van der Waals surface area contributed by atoms with Gasteiger partial charge in [0.15, 0.2) is 0 Å². The number of carboxylic acid groups (broad SMARTS) is 1. The highest BCUT2D eigenvalue weighted by atomic mass is 16.5. The Labute approximate surface area is 102 Å². The molecule has 1 aromatic rings. The lowest BCUT2D eigenvalue weighted by Gasteiger charge is -2.20. The molecule has 7 heteroatoms. The highest BCUT2D eigenvalue weighted by molar-refractivity contribution is 5.86. The van der Waals surface area contributed by atoms with Crippen LogP contribution in [0.2, 0.25) is 0 Å². The van der Waals surface area contributed by atoms with Gasteiger partial charge in [0.1, 0.15) is 5.56 Å². The van der Waals surface area contributed by atoms with E-state index in [0.717, 1.165) is 19.0 Å². The van der Waals surface area contributed by atoms with Crippen molar-refractivity contribution >= 4 is 5.97 Å². The lowest BCUT2D eigenvalue weighted by molar-refractivity contribution is 0.0671. The Bertz CT molecular complexity index is 568. The molecule has 1 fully saturated rings. The summed E-state index contributed by atoms with van der Waals surface area (Å²) in [5.74, 6) is -1.36. The summed E-state index contributed by atoms with van der Waals surface area (Å²) in [5, 5.41) is 8.86. The summed E-state index contributed by atoms with van der Waals surface area (Å²) < 4.78 is 6.66. The van der Waals surface area contributed by atoms with Gasteiger partial charge in [0.25, 0.3) is 5.56 Å². The SMILES string of the molecule is CC(C1CCCO1)n1cc(C(=O)O)c(=O)[nH]c1=O. The second-order valence-corrected chi connectivity index (χ2v) is 4.31. The number of hydrogen-bond acceptors (Lipinski definition) is 4. The zero-order valence-electron chi connectivity index (χ0n) is 9.88. The van der Waals surface area contributed by atoms with E-state index in [1.54, 1.807) is 6.92 Å². The normalized spacial score (nSPS) is 20.8. The largest absolute Gasteiger partial charge is 0.477 e. The minimum absolute atomic E-state index is 0.129. The number of hydrogen-bond donors (Lipinski definition) is 2. The molecule has 1 aliphatic heterocycles. The van der Waals surface area contributed by atoms with Crippen LogP contribution in [-0.2, 0) is 4.74 Å². The second-order valence-electron chi connectivity index (χ2n) is 4.31. The third-order valence-electron chi connectivity index (χ3n) is 3.14. The molecule has 0 saturated carbocycles. The molecule has 2 unspecified atom stereocenters. The fourth-order valence-electron chi connectivity index (χ4n) is 2.10. The summed E-state index contributed by atoms with van der Waals surface area (Å²) in [5.41, 5.74) is -1.95. The van der Waals surface area contributed by atoms with Gasteiger partial charge >= 0.3 is 11.7 Å². The van der Waals surface area contributed by atoms with Crippen LogP contribution in [-0.4, -0.2) is 33.3 Å². The first kappa shape index (κ1) is 12.6. The van der Waals surface area contributed by atoms with Crippen molar-refractivity contribution in [1.29, 1.82) is 0 Å². The Kier molecular flexibility index (Phi) is 3.33. The zero-order valence-corrected chi connectivity index (χ0v) is 9.88. The molecule has 0 spiro atoms. The van der Waals surface area contributed by atoms with Gasteiger partial charge in [0.2, 0.25) is 0 Å². The van der Waals surface area contributed by atoms with Gasteiger partial charge in [-0.3, -0.25) is 14.3 Å². The molecule has 0 amide bonds. The van der Waals surface area contributed by atoms with E-state index < -0.39 is 22.8 Å². The van der Waals surface area contributed by atoms with E-state index in [0.29, 0.717) is 6.61 Å². The van der Waals surface area contributed by atoms with E-state index in [-0.39, 0.29) is 12.1 Å². The van der Waals surface area contributed by atoms with Crippen LogP contribution in [0.1, 0.15) is 36.2 Å². The Morgan fingerprint density at radius 2 is 2.33 bits per heavy atom. The first-order valence-electron chi connectivity index (χ1n) is 5.71. The Morgan fingerprint density at radius 3 is 2.89 bits per heavy atom. The number of nitrogens with zero attached hydrogens (tertiary/aromatic N) is 1. The highest BCUT2D eigenvalue weighted by Crippen LogP contribution is 2.22. The molecule has 0 radical (unpaired) electrons. The van der Waals surface area contributed by atoms with Crippen LogP contribution in [0.15, 0.2) is 15.8 Å². The van der Waals surface area contributed by atoms with E-state index in [4.69, 9.17) is 9.84 Å². The van der Waals surface area contributed by atoms with Crippen LogP contribution in [0.3, 0.4) is 0 Å². The first-order chi connectivity index (χ1) is 8.50. The molecular weight excluding hydrogens is 240 g/mol. The molecule has 2 heterocycles. The maximum atomic E-state index is 11.7. The Balaban J connectivity index is 2.43. The molecule has 0 aromatic carbocycles. The molecule has 98 valence electrons. The van der Waals surface area contributed by atoms with Gasteiger partial charge in [-0.15, -0.1) is 0 Å². The smallest absolute Gasteiger partial charge is 0.342 e. The zero-order chi connectivity index (χ0) is 13.3. The van der Waals surface area contributed by atoms with Crippen molar-refractivity contribution < 1.29 is 14.6 Å². The topological polar surface area (TPSA) is 101 Å². The van der Waals surface area contributed by atoms with Crippen LogP contribution in [0.4, 0.5) is 0 Å². The van der Waals surface area contributed by atoms with Gasteiger partial charge in [-0.1, -0.05) is 0 Å². The number of aromatic amines is 1. The van der Waals surface area contributed by atoms with Gasteiger partial charge in [-0.25, -0.2) is 9.59 Å². The maximum Gasteiger partial charge on any atom is 0.342 e. The molecule has 7 nitrogen and oxygen atoms in total. The second kappa shape index (κ2) is 4.77. The molecule has 1 aliphatic rings. The summed E-state index contributed by atoms with van der Waals surface area (Å²) in [6, 6.07) is -0.310. The fourth-order valence-corrected chi connectivity index (χ4v) is 2.10. The van der Waals surface area contributed by atoms with Crippen molar-refractivity contribution in [3.63, 3.8) is 0 Å². The predicted molar refractivity (Wildman–Crippen MR) is 62.0 cm³/mol. The van der Waals surface area contributed by atoms with Gasteiger partial charge in [-0.05, 0) is 19.8 Å². The molecule has 0 aliphatic carbocycles. The molecule has 0 bridgehead atoms. The number of ether oxygens (including phenoxy) is 1. The number of aromatic carboxylic acids is 1. The standard InChI is InChI=1S/C11H14N2O5/c1-6(8-3-2-4-18-8)13-5-7(10(15)16)9(14)12-11(13)17/h5-6,8H,2-4H2,1H3,(H,15,16)(H,12,14,17). The molecule has 18 heavy (non-hydrogen) atoms. The molecule has 2 rings (SSSR count). The van der Waals surface area contributed by atoms with Crippen molar-refractivity contribution in [3.8, 4) is 0 Å². The highest BCUT2D eigenvalue weighted by Gasteiger charge is 2.25. The number of nitrogens with one attached hydrogen (secondary N) is 1. The lowest BCUT2D eigenvalue weighted by Crippen LogP contribution is -2.37. The monoisotopic (exact) mass is 254 g/mol. The van der Waals surface area contributed by atoms with Crippen molar-refractivity contribution in [3.05, 3.63) is 32.6 Å². The van der Waals surface area contributed by atoms with Crippen molar-refractivity contribution in [2.45, 2.75) is 31.9 Å². The number of rotatable bonds is 3. The summed E-state index contributed by atoms with van der Waals surface area (Å²) in [7, 11) is 0. The van der Waals surface area contributed by atoms with Crippen molar-refractivity contribution in [1.82, 2.24) is 9.55 Å². The fraction of sp³-hybridized carbons (Fsp3) is 0.545. The predicted octanol–water partition coefficient (Wildman–Crippen LogP) is -0.0252. The number of carboxylic acids is 1. The average Bonchev–Trinajstić information content (AvgIpc) is 2.81.